The molecule has 0 radical (unpaired) electrons. The quantitative estimate of drug-likeness (QED) is 0.447. The van der Waals surface area contributed by atoms with Crippen LogP contribution in [0.25, 0.3) is 0 Å². The van der Waals surface area contributed by atoms with Gasteiger partial charge in [-0.3, -0.25) is 4.99 Å². The van der Waals surface area contributed by atoms with Gasteiger partial charge in [-0.15, -0.1) is 0 Å². The van der Waals surface area contributed by atoms with E-state index in [1.54, 1.807) is 47.8 Å². The lowest BCUT2D eigenvalue weighted by Gasteiger charge is -2.06. The van der Waals surface area contributed by atoms with Gasteiger partial charge in [-0.2, -0.15) is 0 Å². The van der Waals surface area contributed by atoms with E-state index < -0.39 is 0 Å². The molecule has 0 saturated carbocycles. The molecular formula is C16H13Cl4N3. The fourth-order valence-corrected chi connectivity index (χ4v) is 2.84. The van der Waals surface area contributed by atoms with Gasteiger partial charge in [-0.1, -0.05) is 46.4 Å². The number of hydrogen-bond donors (Lipinski definition) is 0. The Kier molecular flexibility index (Phi) is 6.31. The fraction of sp³-hybridized carbons (Fsp3) is 0.125. The highest BCUT2D eigenvalue weighted by atomic mass is 35.5. The zero-order valence-electron chi connectivity index (χ0n) is 12.4. The van der Waals surface area contributed by atoms with E-state index in [1.165, 1.54) is 0 Å². The van der Waals surface area contributed by atoms with Crippen LogP contribution in [0.5, 0.6) is 0 Å². The summed E-state index contributed by atoms with van der Waals surface area (Å²) in [4.78, 5) is 10.4. The molecule has 0 aromatic heterocycles. The van der Waals surface area contributed by atoms with Gasteiger partial charge in [-0.25, -0.2) is 4.99 Å². The lowest BCUT2D eigenvalue weighted by atomic mass is 10.2. The summed E-state index contributed by atoms with van der Waals surface area (Å²) in [6.45, 7) is 0. The number of aliphatic imine (C=N–C) groups is 2. The minimum atomic E-state index is 0.423. The van der Waals surface area contributed by atoms with Gasteiger partial charge >= 0.3 is 0 Å². The molecule has 2 rings (SSSR count). The third-order valence-corrected chi connectivity index (χ3v) is 3.68. The summed E-state index contributed by atoms with van der Waals surface area (Å²) in [7, 11) is 3.72. The Morgan fingerprint density at radius 3 is 1.91 bits per heavy atom. The second kappa shape index (κ2) is 8.02. The third kappa shape index (κ3) is 5.40. The van der Waals surface area contributed by atoms with Gasteiger partial charge in [0.2, 0.25) is 0 Å². The molecule has 2 aromatic rings. The predicted octanol–water partition coefficient (Wildman–Crippen LogP) is 6.27. The Hall–Kier alpha value is -1.26. The van der Waals surface area contributed by atoms with E-state index in [1.807, 2.05) is 14.1 Å². The maximum Gasteiger partial charge on any atom is 0.102 e. The second-order valence-electron chi connectivity index (χ2n) is 4.93. The minimum Gasteiger partial charge on any atom is -0.369 e. The smallest absolute Gasteiger partial charge is 0.102 e. The van der Waals surface area contributed by atoms with Gasteiger partial charge in [0, 0.05) is 30.4 Å². The van der Waals surface area contributed by atoms with Gasteiger partial charge < -0.3 is 4.90 Å². The molecule has 7 heteroatoms. The number of rotatable bonds is 4. The van der Waals surface area contributed by atoms with E-state index in [4.69, 9.17) is 46.4 Å². The van der Waals surface area contributed by atoms with Crippen molar-refractivity contribution in [2.24, 2.45) is 9.98 Å². The van der Waals surface area contributed by atoms with Crippen LogP contribution in [0, 0.1) is 0 Å². The van der Waals surface area contributed by atoms with Crippen molar-refractivity contribution in [1.82, 2.24) is 4.90 Å². The maximum absolute atomic E-state index is 6.22. The predicted molar refractivity (Wildman–Crippen MR) is 102 cm³/mol. The molecule has 0 bridgehead atoms. The Morgan fingerprint density at radius 1 is 0.826 bits per heavy atom. The molecule has 2 aromatic carbocycles. The molecule has 0 atom stereocenters. The third-order valence-electron chi connectivity index (χ3n) is 2.67. The van der Waals surface area contributed by atoms with Crippen LogP contribution < -0.4 is 0 Å². The summed E-state index contributed by atoms with van der Waals surface area (Å²) in [5.74, 6) is 0. The Balaban J connectivity index is 2.29. The van der Waals surface area contributed by atoms with Gasteiger partial charge in [0.25, 0.3) is 0 Å². The molecule has 0 aliphatic carbocycles. The first-order valence-corrected chi connectivity index (χ1v) is 8.06. The van der Waals surface area contributed by atoms with Crippen molar-refractivity contribution in [2.45, 2.75) is 0 Å². The second-order valence-corrected chi connectivity index (χ2v) is 6.61. The van der Waals surface area contributed by atoms with E-state index in [2.05, 4.69) is 9.98 Å². The average molecular weight is 389 g/mol. The first-order chi connectivity index (χ1) is 10.8. The lowest BCUT2D eigenvalue weighted by Crippen LogP contribution is -2.07. The summed E-state index contributed by atoms with van der Waals surface area (Å²) in [6.07, 6.45) is 3.27. The Labute approximate surface area is 155 Å². The Morgan fingerprint density at radius 2 is 1.39 bits per heavy atom. The molecule has 0 saturated heterocycles. The molecule has 23 heavy (non-hydrogen) atoms. The lowest BCUT2D eigenvalue weighted by molar-refractivity contribution is 0.643. The molecule has 0 spiro atoms. The van der Waals surface area contributed by atoms with E-state index in [0.717, 1.165) is 5.56 Å². The summed E-state index contributed by atoms with van der Waals surface area (Å²) < 4.78 is 0. The zero-order chi connectivity index (χ0) is 17.0. The zero-order valence-corrected chi connectivity index (χ0v) is 15.4. The first-order valence-electron chi connectivity index (χ1n) is 6.55. The largest absolute Gasteiger partial charge is 0.369 e. The number of nitrogens with zero attached hydrogens (tertiary/aromatic N) is 3. The molecule has 0 fully saturated rings. The van der Waals surface area contributed by atoms with Crippen molar-refractivity contribution in [3.63, 3.8) is 0 Å². The van der Waals surface area contributed by atoms with Crippen LogP contribution in [0.3, 0.4) is 0 Å². The first kappa shape index (κ1) is 18.1. The Bertz CT molecular complexity index is 727. The summed E-state index contributed by atoms with van der Waals surface area (Å²) in [6, 6.07) is 8.56. The van der Waals surface area contributed by atoms with Gasteiger partial charge in [0.15, 0.2) is 0 Å². The SMILES string of the molecule is CN(C)/C=N\c1c(Cl)cc(/N=C/c2cc(Cl)cc(Cl)c2)cc1Cl. The maximum atomic E-state index is 6.22. The van der Waals surface area contributed by atoms with Crippen molar-refractivity contribution in [1.29, 1.82) is 0 Å². The number of hydrogen-bond acceptors (Lipinski definition) is 2. The van der Waals surface area contributed by atoms with Crippen LogP contribution in [0.2, 0.25) is 20.1 Å². The van der Waals surface area contributed by atoms with Crippen LogP contribution >= 0.6 is 46.4 Å². The van der Waals surface area contributed by atoms with Crippen LogP contribution in [0.4, 0.5) is 11.4 Å². The highest BCUT2D eigenvalue weighted by Crippen LogP contribution is 2.37. The fourth-order valence-electron chi connectivity index (χ4n) is 1.72. The van der Waals surface area contributed by atoms with E-state index >= 15 is 0 Å². The molecular weight excluding hydrogens is 376 g/mol. The van der Waals surface area contributed by atoms with E-state index in [9.17, 15) is 0 Å². The van der Waals surface area contributed by atoms with E-state index in [0.29, 0.717) is 31.5 Å². The molecule has 0 amide bonds. The van der Waals surface area contributed by atoms with Crippen molar-refractivity contribution < 1.29 is 0 Å². The van der Waals surface area contributed by atoms with Gasteiger partial charge in [-0.05, 0) is 35.9 Å². The summed E-state index contributed by atoms with van der Waals surface area (Å²) >= 11 is 24.3. The average Bonchev–Trinajstić information content (AvgIpc) is 2.43. The van der Waals surface area contributed by atoms with Crippen molar-refractivity contribution in [2.75, 3.05) is 14.1 Å². The van der Waals surface area contributed by atoms with Crippen LogP contribution in [-0.4, -0.2) is 31.5 Å². The molecule has 3 nitrogen and oxygen atoms in total. The summed E-state index contributed by atoms with van der Waals surface area (Å²) in [5.41, 5.74) is 1.90. The molecule has 0 aliphatic heterocycles. The van der Waals surface area contributed by atoms with Gasteiger partial charge in [0.1, 0.15) is 5.69 Å². The van der Waals surface area contributed by atoms with Crippen molar-refractivity contribution in [3.05, 3.63) is 56.0 Å². The molecule has 120 valence electrons. The standard InChI is InChI=1S/C16H13Cl4N3/c1-23(2)9-22-16-14(19)6-13(7-15(16)20)21-8-10-3-11(17)5-12(18)4-10/h3-9H,1-2H3/b21-8+,22-9-. The van der Waals surface area contributed by atoms with Crippen LogP contribution in [0.1, 0.15) is 5.56 Å². The van der Waals surface area contributed by atoms with Crippen molar-refractivity contribution >= 4 is 70.3 Å². The molecule has 0 heterocycles. The highest BCUT2D eigenvalue weighted by Gasteiger charge is 2.07. The normalized spacial score (nSPS) is 11.6. The molecule has 0 unspecified atom stereocenters. The number of benzene rings is 2. The van der Waals surface area contributed by atoms with Crippen LogP contribution in [-0.2, 0) is 0 Å². The monoisotopic (exact) mass is 387 g/mol. The van der Waals surface area contributed by atoms with Gasteiger partial charge in [0.05, 0.1) is 22.1 Å². The van der Waals surface area contributed by atoms with E-state index in [-0.39, 0.29) is 0 Å². The molecule has 0 aliphatic rings. The number of halogens is 4. The molecule has 0 N–H and O–H groups in total. The minimum absolute atomic E-state index is 0.423. The van der Waals surface area contributed by atoms with Crippen LogP contribution in [0.15, 0.2) is 40.3 Å². The highest BCUT2D eigenvalue weighted by molar-refractivity contribution is 6.39. The topological polar surface area (TPSA) is 28.0 Å². The summed E-state index contributed by atoms with van der Waals surface area (Å²) in [5, 5.41) is 1.94. The van der Waals surface area contributed by atoms with Crippen molar-refractivity contribution in [3.8, 4) is 0 Å².